The number of halogens is 1. The van der Waals surface area contributed by atoms with E-state index in [4.69, 9.17) is 10.5 Å². The summed E-state index contributed by atoms with van der Waals surface area (Å²) in [4.78, 5) is 3.90. The van der Waals surface area contributed by atoms with Crippen LogP contribution in [0.15, 0.2) is 30.6 Å². The van der Waals surface area contributed by atoms with Crippen LogP contribution in [-0.4, -0.2) is 9.55 Å². The molecule has 0 aliphatic carbocycles. The maximum atomic E-state index is 8.98. The highest BCUT2D eigenvalue weighted by atomic mass is 127. The minimum absolute atomic E-state index is 0.179. The van der Waals surface area contributed by atoms with Crippen LogP contribution >= 0.6 is 22.6 Å². The molecule has 0 amide bonds. The van der Waals surface area contributed by atoms with Crippen LogP contribution < -0.4 is 0 Å². The molecule has 0 N–H and O–H groups in total. The Hall–Kier alpha value is -1.86. The molecule has 2 aromatic rings. The quantitative estimate of drug-likeness (QED) is 0.792. The van der Waals surface area contributed by atoms with Gasteiger partial charge in [-0.25, -0.2) is 4.98 Å². The van der Waals surface area contributed by atoms with Crippen LogP contribution in [-0.2, 0) is 6.54 Å². The van der Waals surface area contributed by atoms with Gasteiger partial charge in [0.2, 0.25) is 0 Å². The molecule has 82 valence electrons. The van der Waals surface area contributed by atoms with Gasteiger partial charge in [0.25, 0.3) is 0 Å². The Morgan fingerprint density at radius 2 is 1.88 bits per heavy atom. The zero-order chi connectivity index (χ0) is 12.3. The van der Waals surface area contributed by atoms with Gasteiger partial charge in [0.05, 0.1) is 6.33 Å². The molecule has 0 atom stereocenters. The molecule has 0 saturated heterocycles. The first-order valence-electron chi connectivity index (χ1n) is 4.84. The summed E-state index contributed by atoms with van der Waals surface area (Å²) in [6.07, 6.45) is 1.52. The Morgan fingerprint density at radius 3 is 2.47 bits per heavy atom. The van der Waals surface area contributed by atoms with Gasteiger partial charge in [0.1, 0.15) is 12.1 Å². The molecule has 0 radical (unpaired) electrons. The predicted molar refractivity (Wildman–Crippen MR) is 69.9 cm³/mol. The monoisotopic (exact) mass is 334 g/mol. The topological polar surface area (TPSA) is 65.4 Å². The predicted octanol–water partition coefficient (Wildman–Crippen LogP) is 2.28. The van der Waals surface area contributed by atoms with Crippen molar-refractivity contribution in [3.63, 3.8) is 0 Å². The van der Waals surface area contributed by atoms with E-state index < -0.39 is 0 Å². The second kappa shape index (κ2) is 4.98. The summed E-state index contributed by atoms with van der Waals surface area (Å²) in [5.74, 6) is 0. The number of hydrogen-bond donors (Lipinski definition) is 0. The highest BCUT2D eigenvalue weighted by Gasteiger charge is 2.09. The van der Waals surface area contributed by atoms with E-state index >= 15 is 0 Å². The Bertz CT molecular complexity index is 613. The third-order valence-corrected chi connectivity index (χ3v) is 3.03. The van der Waals surface area contributed by atoms with E-state index in [9.17, 15) is 0 Å². The Labute approximate surface area is 112 Å². The van der Waals surface area contributed by atoms with Crippen molar-refractivity contribution < 1.29 is 0 Å². The molecule has 1 aromatic heterocycles. The van der Waals surface area contributed by atoms with Crippen LogP contribution in [0, 0.1) is 26.2 Å². The fraction of sp³-hybridized carbons (Fsp3) is 0.0833. The summed E-state index contributed by atoms with van der Waals surface area (Å²) in [6, 6.07) is 11.9. The van der Waals surface area contributed by atoms with E-state index in [2.05, 4.69) is 27.6 Å². The van der Waals surface area contributed by atoms with Crippen molar-refractivity contribution in [1.82, 2.24) is 9.55 Å². The molecule has 0 aliphatic heterocycles. The van der Waals surface area contributed by atoms with E-state index in [0.29, 0.717) is 12.2 Å². The van der Waals surface area contributed by atoms with Crippen LogP contribution in [0.25, 0.3) is 0 Å². The third-order valence-electron chi connectivity index (χ3n) is 2.32. The van der Waals surface area contributed by atoms with Crippen molar-refractivity contribution >= 4 is 22.6 Å². The smallest absolute Gasteiger partial charge is 0.176 e. The van der Waals surface area contributed by atoms with Gasteiger partial charge >= 0.3 is 0 Å². The molecule has 0 saturated carbocycles. The fourth-order valence-electron chi connectivity index (χ4n) is 1.49. The Kier molecular flexibility index (Phi) is 3.40. The fourth-order valence-corrected chi connectivity index (χ4v) is 1.85. The maximum absolute atomic E-state index is 8.98. The first kappa shape index (κ1) is 11.6. The number of nitriles is 2. The van der Waals surface area contributed by atoms with Crippen LogP contribution in [0.1, 0.15) is 17.0 Å². The molecule has 2 rings (SSSR count). The molecule has 0 bridgehead atoms. The lowest BCUT2D eigenvalue weighted by Crippen LogP contribution is -2.01. The van der Waals surface area contributed by atoms with E-state index in [1.807, 2.05) is 36.4 Å². The van der Waals surface area contributed by atoms with Gasteiger partial charge < -0.3 is 4.57 Å². The number of aromatic nitrogens is 2. The van der Waals surface area contributed by atoms with E-state index in [1.165, 1.54) is 6.33 Å². The molecule has 5 heteroatoms. The summed E-state index contributed by atoms with van der Waals surface area (Å²) in [5, 5.41) is 17.8. The molecule has 0 unspecified atom stereocenters. The normalized spacial score (nSPS) is 9.59. The van der Waals surface area contributed by atoms with E-state index in [0.717, 1.165) is 9.13 Å². The standard InChI is InChI=1S/C12H7IN4/c13-10-3-1-9(2-4-10)7-17-8-16-11(5-14)12(17)6-15/h1-4,8H,7H2. The number of benzene rings is 1. The SMILES string of the molecule is N#Cc1ncn(Cc2ccc(I)cc2)c1C#N. The molecule has 1 heterocycles. The lowest BCUT2D eigenvalue weighted by atomic mass is 10.2. The van der Waals surface area contributed by atoms with Gasteiger partial charge in [-0.3, -0.25) is 0 Å². The van der Waals surface area contributed by atoms with Crippen molar-refractivity contribution in [1.29, 1.82) is 10.5 Å². The van der Waals surface area contributed by atoms with Gasteiger partial charge in [0, 0.05) is 10.1 Å². The van der Waals surface area contributed by atoms with Crippen molar-refractivity contribution in [3.05, 3.63) is 51.1 Å². The highest BCUT2D eigenvalue weighted by molar-refractivity contribution is 14.1. The number of rotatable bonds is 2. The van der Waals surface area contributed by atoms with E-state index in [-0.39, 0.29) is 5.69 Å². The summed E-state index contributed by atoms with van der Waals surface area (Å²) in [6.45, 7) is 0.550. The zero-order valence-corrected chi connectivity index (χ0v) is 10.9. The van der Waals surface area contributed by atoms with Gasteiger partial charge in [0.15, 0.2) is 11.4 Å². The van der Waals surface area contributed by atoms with Crippen molar-refractivity contribution in [2.75, 3.05) is 0 Å². The molecular formula is C12H7IN4. The van der Waals surface area contributed by atoms with Gasteiger partial charge in [-0.15, -0.1) is 0 Å². The molecule has 1 aromatic carbocycles. The third kappa shape index (κ3) is 2.45. The molecule has 0 spiro atoms. The van der Waals surface area contributed by atoms with Gasteiger partial charge in [-0.2, -0.15) is 10.5 Å². The molecule has 0 fully saturated rings. The summed E-state index contributed by atoms with van der Waals surface area (Å²) >= 11 is 2.24. The Morgan fingerprint density at radius 1 is 1.18 bits per heavy atom. The summed E-state index contributed by atoms with van der Waals surface area (Å²) in [7, 11) is 0. The lowest BCUT2D eigenvalue weighted by molar-refractivity contribution is 0.785. The molecule has 4 nitrogen and oxygen atoms in total. The van der Waals surface area contributed by atoms with Crippen molar-refractivity contribution in [3.8, 4) is 12.1 Å². The number of hydrogen-bond acceptors (Lipinski definition) is 3. The van der Waals surface area contributed by atoms with Crippen LogP contribution in [0.2, 0.25) is 0 Å². The average Bonchev–Trinajstić information content (AvgIpc) is 2.74. The van der Waals surface area contributed by atoms with Crippen LogP contribution in [0.4, 0.5) is 0 Å². The van der Waals surface area contributed by atoms with Gasteiger partial charge in [-0.1, -0.05) is 12.1 Å². The second-order valence-corrected chi connectivity index (χ2v) is 4.67. The van der Waals surface area contributed by atoms with Crippen LogP contribution in [0.3, 0.4) is 0 Å². The van der Waals surface area contributed by atoms with Gasteiger partial charge in [-0.05, 0) is 40.3 Å². The minimum atomic E-state index is 0.179. The largest absolute Gasteiger partial charge is 0.317 e. The second-order valence-electron chi connectivity index (χ2n) is 3.42. The van der Waals surface area contributed by atoms with Crippen LogP contribution in [0.5, 0.6) is 0 Å². The number of nitrogens with zero attached hydrogens (tertiary/aromatic N) is 4. The summed E-state index contributed by atoms with van der Waals surface area (Å²) in [5.41, 5.74) is 1.56. The van der Waals surface area contributed by atoms with Crippen molar-refractivity contribution in [2.24, 2.45) is 0 Å². The molecular weight excluding hydrogens is 327 g/mol. The zero-order valence-electron chi connectivity index (χ0n) is 8.76. The van der Waals surface area contributed by atoms with Crippen molar-refractivity contribution in [2.45, 2.75) is 6.54 Å². The molecule has 0 aliphatic rings. The summed E-state index contributed by atoms with van der Waals surface area (Å²) < 4.78 is 2.84. The minimum Gasteiger partial charge on any atom is -0.317 e. The Balaban J connectivity index is 2.31. The number of imidazole rings is 1. The first-order valence-corrected chi connectivity index (χ1v) is 5.92. The first-order chi connectivity index (χ1) is 8.24. The maximum Gasteiger partial charge on any atom is 0.176 e. The average molecular weight is 334 g/mol. The van der Waals surface area contributed by atoms with E-state index in [1.54, 1.807) is 4.57 Å². The molecule has 17 heavy (non-hydrogen) atoms. The highest BCUT2D eigenvalue weighted by Crippen LogP contribution is 2.11. The lowest BCUT2D eigenvalue weighted by Gasteiger charge is -2.03.